The summed E-state index contributed by atoms with van der Waals surface area (Å²) in [5.41, 5.74) is 1.09. The molecule has 0 N–H and O–H groups in total. The third-order valence-corrected chi connectivity index (χ3v) is 6.45. The Balaban J connectivity index is 2.02. The third kappa shape index (κ3) is 3.32. The fraction of sp³-hybridized carbons (Fsp3) is 0.429. The van der Waals surface area contributed by atoms with Gasteiger partial charge in [0.05, 0.1) is 10.8 Å². The minimum atomic E-state index is -1.13. The molecule has 0 aliphatic carbocycles. The number of benzene rings is 2. The Bertz CT molecular complexity index is 853. The van der Waals surface area contributed by atoms with Gasteiger partial charge in [0.25, 0.3) is 11.8 Å². The fourth-order valence-corrected chi connectivity index (χ4v) is 4.74. The molecule has 2 aromatic rings. The molecule has 1 aliphatic heterocycles. The van der Waals surface area contributed by atoms with Crippen LogP contribution in [0.5, 0.6) is 0 Å². The zero-order chi connectivity index (χ0) is 18.7. The van der Waals surface area contributed by atoms with Gasteiger partial charge < -0.3 is 0 Å². The lowest BCUT2D eigenvalue weighted by Crippen LogP contribution is -2.40. The van der Waals surface area contributed by atoms with Crippen molar-refractivity contribution >= 4 is 33.4 Å². The molecule has 0 saturated heterocycles. The zero-order valence-electron chi connectivity index (χ0n) is 15.4. The van der Waals surface area contributed by atoms with E-state index >= 15 is 0 Å². The first-order valence-corrected chi connectivity index (χ1v) is 10.7. The van der Waals surface area contributed by atoms with Crippen LogP contribution in [0.25, 0.3) is 10.8 Å². The van der Waals surface area contributed by atoms with Gasteiger partial charge in [-0.25, -0.2) is 0 Å². The summed E-state index contributed by atoms with van der Waals surface area (Å²) >= 11 is 0. The Morgan fingerprint density at radius 1 is 0.885 bits per heavy atom. The van der Waals surface area contributed by atoms with E-state index in [0.29, 0.717) is 33.7 Å². The summed E-state index contributed by atoms with van der Waals surface area (Å²) in [6, 6.07) is 8.98. The van der Waals surface area contributed by atoms with Crippen molar-refractivity contribution in [3.8, 4) is 0 Å². The van der Waals surface area contributed by atoms with Crippen molar-refractivity contribution in [1.29, 1.82) is 0 Å². The van der Waals surface area contributed by atoms with Crippen molar-refractivity contribution in [3.63, 3.8) is 0 Å². The molecule has 1 heterocycles. The molecular weight excluding hydrogens is 346 g/mol. The highest BCUT2D eigenvalue weighted by Crippen LogP contribution is 2.33. The number of rotatable bonds is 8. The molecule has 0 radical (unpaired) electrons. The average molecular weight is 372 g/mol. The van der Waals surface area contributed by atoms with Crippen LogP contribution in [0.15, 0.2) is 35.2 Å². The van der Waals surface area contributed by atoms with Crippen molar-refractivity contribution in [1.82, 2.24) is 4.90 Å². The molecule has 0 saturated carbocycles. The third-order valence-electron chi connectivity index (χ3n) is 4.82. The highest BCUT2D eigenvalue weighted by atomic mass is 32.2. The second kappa shape index (κ2) is 8.12. The molecule has 1 unspecified atom stereocenters. The first-order chi connectivity index (χ1) is 12.6. The molecule has 0 bridgehead atoms. The Morgan fingerprint density at radius 3 is 2.31 bits per heavy atom. The lowest BCUT2D eigenvalue weighted by Gasteiger charge is -2.27. The first-order valence-electron chi connectivity index (χ1n) is 9.40. The topological polar surface area (TPSA) is 54.5 Å². The molecule has 2 aromatic carbocycles. The number of carbonyl (C=O) groups is 2. The average Bonchev–Trinajstić information content (AvgIpc) is 2.65. The van der Waals surface area contributed by atoms with Crippen LogP contribution in [-0.2, 0) is 10.8 Å². The predicted octanol–water partition coefficient (Wildman–Crippen LogP) is 4.53. The molecule has 5 heteroatoms. The van der Waals surface area contributed by atoms with Crippen LogP contribution in [0.4, 0.5) is 0 Å². The molecule has 26 heavy (non-hydrogen) atoms. The minimum absolute atomic E-state index is 0.233. The maximum absolute atomic E-state index is 12.9. The first kappa shape index (κ1) is 18.8. The largest absolute Gasteiger partial charge is 0.274 e. The molecule has 4 nitrogen and oxygen atoms in total. The van der Waals surface area contributed by atoms with Crippen LogP contribution in [0.2, 0.25) is 0 Å². The van der Waals surface area contributed by atoms with Crippen molar-refractivity contribution in [2.45, 2.75) is 50.8 Å². The van der Waals surface area contributed by atoms with Crippen LogP contribution >= 0.6 is 0 Å². The highest BCUT2D eigenvalue weighted by molar-refractivity contribution is 7.85. The Kier molecular flexibility index (Phi) is 5.87. The van der Waals surface area contributed by atoms with E-state index in [1.807, 2.05) is 19.1 Å². The van der Waals surface area contributed by atoms with Gasteiger partial charge in [0.15, 0.2) is 0 Å². The van der Waals surface area contributed by atoms with Gasteiger partial charge in [0.2, 0.25) is 0 Å². The summed E-state index contributed by atoms with van der Waals surface area (Å²) in [7, 11) is -1.13. The second-order valence-corrected chi connectivity index (χ2v) is 8.25. The summed E-state index contributed by atoms with van der Waals surface area (Å²) < 4.78 is 12.5. The second-order valence-electron chi connectivity index (χ2n) is 6.71. The predicted molar refractivity (Wildman–Crippen MR) is 105 cm³/mol. The summed E-state index contributed by atoms with van der Waals surface area (Å²) in [5.74, 6) is 0.107. The zero-order valence-corrected chi connectivity index (χ0v) is 16.2. The van der Waals surface area contributed by atoms with E-state index in [1.165, 1.54) is 4.90 Å². The molecule has 3 rings (SSSR count). The Hall–Kier alpha value is -2.01. The summed E-state index contributed by atoms with van der Waals surface area (Å²) in [6.07, 6.45) is 4.88. The molecule has 1 aliphatic rings. The van der Waals surface area contributed by atoms with Gasteiger partial charge in [-0.05, 0) is 36.4 Å². The van der Waals surface area contributed by atoms with Gasteiger partial charge in [-0.2, -0.15) is 0 Å². The van der Waals surface area contributed by atoms with Gasteiger partial charge in [-0.3, -0.25) is 18.7 Å². The standard InChI is InChI=1S/C21H25NO3S/c1-3-5-6-7-13-22-20(23)16-10-8-9-15-18(26(25)14-4-2)12-11-17(19(15)16)21(22)24/h8-12H,3-7,13-14H2,1-2H3. The molecule has 138 valence electrons. The Labute approximate surface area is 157 Å². The van der Waals surface area contributed by atoms with Crippen molar-refractivity contribution in [2.24, 2.45) is 0 Å². The van der Waals surface area contributed by atoms with Crippen molar-refractivity contribution < 1.29 is 13.8 Å². The summed E-state index contributed by atoms with van der Waals surface area (Å²) in [5, 5.41) is 1.42. The van der Waals surface area contributed by atoms with Gasteiger partial charge in [-0.1, -0.05) is 45.2 Å². The maximum atomic E-state index is 12.9. The monoisotopic (exact) mass is 371 g/mol. The van der Waals surface area contributed by atoms with Crippen LogP contribution in [-0.4, -0.2) is 33.2 Å². The van der Waals surface area contributed by atoms with Crippen molar-refractivity contribution in [2.75, 3.05) is 12.3 Å². The summed E-state index contributed by atoms with van der Waals surface area (Å²) in [4.78, 5) is 27.9. The van der Waals surface area contributed by atoms with E-state index in [1.54, 1.807) is 18.2 Å². The van der Waals surface area contributed by atoms with Crippen LogP contribution in [0, 0.1) is 0 Å². The molecule has 0 aromatic heterocycles. The van der Waals surface area contributed by atoms with Crippen molar-refractivity contribution in [3.05, 3.63) is 41.5 Å². The minimum Gasteiger partial charge on any atom is -0.274 e. The van der Waals surface area contributed by atoms with E-state index in [0.717, 1.165) is 37.5 Å². The molecule has 2 amide bonds. The van der Waals surface area contributed by atoms with E-state index in [9.17, 15) is 13.8 Å². The number of hydrogen-bond acceptors (Lipinski definition) is 3. The highest BCUT2D eigenvalue weighted by Gasteiger charge is 2.33. The van der Waals surface area contributed by atoms with E-state index in [-0.39, 0.29) is 11.8 Å². The Morgan fingerprint density at radius 2 is 1.62 bits per heavy atom. The lowest BCUT2D eigenvalue weighted by atomic mass is 9.94. The smallest absolute Gasteiger partial charge is 0.261 e. The van der Waals surface area contributed by atoms with E-state index in [4.69, 9.17) is 0 Å². The quantitative estimate of drug-likeness (QED) is 0.506. The van der Waals surface area contributed by atoms with Gasteiger partial charge in [0, 0.05) is 33.7 Å². The number of nitrogens with zero attached hydrogens (tertiary/aromatic N) is 1. The van der Waals surface area contributed by atoms with Crippen LogP contribution < -0.4 is 0 Å². The maximum Gasteiger partial charge on any atom is 0.261 e. The number of unbranched alkanes of at least 4 members (excludes halogenated alkanes) is 3. The number of amides is 2. The number of hydrogen-bond donors (Lipinski definition) is 0. The van der Waals surface area contributed by atoms with E-state index in [2.05, 4.69) is 6.92 Å². The fourth-order valence-electron chi connectivity index (χ4n) is 3.51. The van der Waals surface area contributed by atoms with E-state index < -0.39 is 10.8 Å². The molecule has 0 spiro atoms. The number of imide groups is 1. The molecule has 0 fully saturated rings. The van der Waals surface area contributed by atoms with Gasteiger partial charge in [-0.15, -0.1) is 0 Å². The SMILES string of the molecule is CCCCCCN1C(=O)c2cccc3c(S(=O)CCC)ccc(c23)C1=O. The molecular formula is C21H25NO3S. The van der Waals surface area contributed by atoms with Gasteiger partial charge >= 0.3 is 0 Å². The van der Waals surface area contributed by atoms with Gasteiger partial charge in [0.1, 0.15) is 0 Å². The lowest BCUT2D eigenvalue weighted by molar-refractivity contribution is 0.0607. The summed E-state index contributed by atoms with van der Waals surface area (Å²) in [6.45, 7) is 4.58. The van der Waals surface area contributed by atoms with Crippen LogP contribution in [0.1, 0.15) is 66.7 Å². The van der Waals surface area contributed by atoms with Crippen LogP contribution in [0.3, 0.4) is 0 Å². The number of carbonyl (C=O) groups excluding carboxylic acids is 2. The molecule has 1 atom stereocenters. The normalized spacial score (nSPS) is 14.9.